The van der Waals surface area contributed by atoms with E-state index in [1.165, 1.54) is 6.92 Å². The van der Waals surface area contributed by atoms with Crippen LogP contribution in [0, 0.1) is 0 Å². The Morgan fingerprint density at radius 3 is 3.00 bits per heavy atom. The molecule has 4 nitrogen and oxygen atoms in total. The molecule has 0 aliphatic carbocycles. The van der Waals surface area contributed by atoms with E-state index in [0.717, 1.165) is 23.0 Å². The van der Waals surface area contributed by atoms with E-state index in [-0.39, 0.29) is 12.0 Å². The van der Waals surface area contributed by atoms with Crippen molar-refractivity contribution in [2.24, 2.45) is 0 Å². The van der Waals surface area contributed by atoms with E-state index in [4.69, 9.17) is 16.3 Å². The minimum atomic E-state index is -0.249. The number of pyridine rings is 1. The molecule has 5 heteroatoms. The Bertz CT molecular complexity index is 616. The zero-order valence-corrected chi connectivity index (χ0v) is 12.3. The summed E-state index contributed by atoms with van der Waals surface area (Å²) in [5.41, 5.74) is 1.86. The molecule has 0 aliphatic rings. The number of anilines is 1. The molecule has 0 fully saturated rings. The highest BCUT2D eigenvalue weighted by molar-refractivity contribution is 6.31. The van der Waals surface area contributed by atoms with E-state index >= 15 is 0 Å². The first-order valence-corrected chi connectivity index (χ1v) is 6.88. The molecule has 1 N–H and O–H groups in total. The van der Waals surface area contributed by atoms with Gasteiger partial charge in [0, 0.05) is 41.7 Å². The second kappa shape index (κ2) is 6.57. The van der Waals surface area contributed by atoms with Gasteiger partial charge < -0.3 is 10.1 Å². The smallest absolute Gasteiger partial charge is 0.302 e. The summed E-state index contributed by atoms with van der Waals surface area (Å²) in [5, 5.41) is 5.10. The lowest BCUT2D eigenvalue weighted by Gasteiger charge is -2.16. The summed E-state index contributed by atoms with van der Waals surface area (Å²) in [5.74, 6) is -0.249. The van der Waals surface area contributed by atoms with Crippen LogP contribution in [0.15, 0.2) is 30.5 Å². The lowest BCUT2D eigenvalue weighted by Crippen LogP contribution is -2.18. The number of benzene rings is 1. The van der Waals surface area contributed by atoms with Gasteiger partial charge in [0.2, 0.25) is 0 Å². The van der Waals surface area contributed by atoms with Gasteiger partial charge in [-0.3, -0.25) is 9.78 Å². The summed E-state index contributed by atoms with van der Waals surface area (Å²) in [6.07, 6.45) is 2.50. The van der Waals surface area contributed by atoms with Crippen LogP contribution in [-0.2, 0) is 9.53 Å². The van der Waals surface area contributed by atoms with E-state index in [2.05, 4.69) is 10.3 Å². The zero-order chi connectivity index (χ0) is 14.5. The summed E-state index contributed by atoms with van der Waals surface area (Å²) in [6.45, 7) is 3.88. The molecule has 2 rings (SSSR count). The van der Waals surface area contributed by atoms with Crippen molar-refractivity contribution >= 4 is 34.2 Å². The molecule has 1 aromatic carbocycles. The number of aromatic nitrogens is 1. The van der Waals surface area contributed by atoms with Crippen molar-refractivity contribution in [3.63, 3.8) is 0 Å². The van der Waals surface area contributed by atoms with Crippen LogP contribution >= 0.6 is 11.6 Å². The molecule has 1 aromatic heterocycles. The average molecular weight is 293 g/mol. The normalized spacial score (nSPS) is 12.2. The van der Waals surface area contributed by atoms with Gasteiger partial charge in [0.1, 0.15) is 0 Å². The number of carbonyl (C=O) groups excluding carboxylic acids is 1. The number of esters is 1. The number of fused-ring (bicyclic) bond motifs is 1. The van der Waals surface area contributed by atoms with E-state index in [9.17, 15) is 4.79 Å². The standard InChI is InChI=1S/C15H17ClN2O2/c1-10(6-8-20-11(2)19)18-14-5-7-17-15-9-12(16)3-4-13(14)15/h3-5,7,9-10H,6,8H2,1-2H3,(H,17,18)/t10-/m1/s1. The summed E-state index contributed by atoms with van der Waals surface area (Å²) >= 11 is 5.97. The van der Waals surface area contributed by atoms with Crippen LogP contribution in [0.4, 0.5) is 5.69 Å². The molecule has 2 aromatic rings. The predicted molar refractivity (Wildman–Crippen MR) is 81.1 cm³/mol. The Kier molecular flexibility index (Phi) is 4.79. The van der Waals surface area contributed by atoms with Crippen LogP contribution in [-0.4, -0.2) is 23.6 Å². The number of halogens is 1. The average Bonchev–Trinajstić information content (AvgIpc) is 2.38. The molecule has 20 heavy (non-hydrogen) atoms. The molecule has 0 saturated heterocycles. The van der Waals surface area contributed by atoms with Crippen LogP contribution < -0.4 is 5.32 Å². The number of carbonyl (C=O) groups is 1. The SMILES string of the molecule is CC(=O)OCC[C@@H](C)Nc1ccnc2cc(Cl)ccc12. The minimum Gasteiger partial charge on any atom is -0.466 e. The number of ether oxygens (including phenoxy) is 1. The molecular weight excluding hydrogens is 276 g/mol. The monoisotopic (exact) mass is 292 g/mol. The highest BCUT2D eigenvalue weighted by Crippen LogP contribution is 2.25. The summed E-state index contributed by atoms with van der Waals surface area (Å²) < 4.78 is 4.94. The van der Waals surface area contributed by atoms with Crippen molar-refractivity contribution in [2.75, 3.05) is 11.9 Å². The quantitative estimate of drug-likeness (QED) is 0.855. The Morgan fingerprint density at radius 1 is 1.45 bits per heavy atom. The van der Waals surface area contributed by atoms with Crippen molar-refractivity contribution in [3.8, 4) is 0 Å². The van der Waals surface area contributed by atoms with Gasteiger partial charge >= 0.3 is 5.97 Å². The van der Waals surface area contributed by atoms with Gasteiger partial charge in [-0.1, -0.05) is 11.6 Å². The fourth-order valence-corrected chi connectivity index (χ4v) is 2.13. The van der Waals surface area contributed by atoms with Crippen LogP contribution in [0.3, 0.4) is 0 Å². The molecule has 0 unspecified atom stereocenters. The van der Waals surface area contributed by atoms with Crippen molar-refractivity contribution in [2.45, 2.75) is 26.3 Å². The third-order valence-corrected chi connectivity index (χ3v) is 3.20. The fraction of sp³-hybridized carbons (Fsp3) is 0.333. The zero-order valence-electron chi connectivity index (χ0n) is 11.5. The number of hydrogen-bond acceptors (Lipinski definition) is 4. The second-order valence-electron chi connectivity index (χ2n) is 4.69. The van der Waals surface area contributed by atoms with Crippen molar-refractivity contribution in [1.82, 2.24) is 4.98 Å². The van der Waals surface area contributed by atoms with Crippen molar-refractivity contribution < 1.29 is 9.53 Å². The van der Waals surface area contributed by atoms with Crippen molar-refractivity contribution in [3.05, 3.63) is 35.5 Å². The van der Waals surface area contributed by atoms with Gasteiger partial charge in [-0.05, 0) is 31.2 Å². The van der Waals surface area contributed by atoms with Crippen LogP contribution in [0.1, 0.15) is 20.3 Å². The molecule has 0 saturated carbocycles. The molecule has 0 radical (unpaired) electrons. The largest absolute Gasteiger partial charge is 0.466 e. The van der Waals surface area contributed by atoms with Gasteiger partial charge in [0.05, 0.1) is 12.1 Å². The first-order chi connectivity index (χ1) is 9.56. The van der Waals surface area contributed by atoms with Gasteiger partial charge in [0.25, 0.3) is 0 Å². The first kappa shape index (κ1) is 14.6. The Hall–Kier alpha value is -1.81. The molecule has 0 aliphatic heterocycles. The summed E-state index contributed by atoms with van der Waals surface area (Å²) in [7, 11) is 0. The Morgan fingerprint density at radius 2 is 2.25 bits per heavy atom. The third kappa shape index (κ3) is 3.84. The predicted octanol–water partition coefficient (Wildman–Crippen LogP) is 3.64. The minimum absolute atomic E-state index is 0.190. The molecular formula is C15H17ClN2O2. The number of nitrogens with one attached hydrogen (secondary N) is 1. The molecule has 0 spiro atoms. The van der Waals surface area contributed by atoms with E-state index in [0.29, 0.717) is 11.6 Å². The van der Waals surface area contributed by atoms with Crippen molar-refractivity contribution in [1.29, 1.82) is 0 Å². The maximum atomic E-state index is 10.7. The summed E-state index contributed by atoms with van der Waals surface area (Å²) in [4.78, 5) is 15.0. The number of hydrogen-bond donors (Lipinski definition) is 1. The molecule has 0 bridgehead atoms. The van der Waals surface area contributed by atoms with E-state index < -0.39 is 0 Å². The third-order valence-electron chi connectivity index (χ3n) is 2.96. The maximum absolute atomic E-state index is 10.7. The lowest BCUT2D eigenvalue weighted by molar-refractivity contribution is -0.141. The second-order valence-corrected chi connectivity index (χ2v) is 5.13. The highest BCUT2D eigenvalue weighted by Gasteiger charge is 2.07. The molecule has 106 valence electrons. The lowest BCUT2D eigenvalue weighted by atomic mass is 10.1. The number of nitrogens with zero attached hydrogens (tertiary/aromatic N) is 1. The summed E-state index contributed by atoms with van der Waals surface area (Å²) in [6, 6.07) is 7.76. The molecule has 1 atom stereocenters. The highest BCUT2D eigenvalue weighted by atomic mass is 35.5. The fourth-order valence-electron chi connectivity index (χ4n) is 1.96. The van der Waals surface area contributed by atoms with Crippen LogP contribution in [0.2, 0.25) is 5.02 Å². The van der Waals surface area contributed by atoms with Gasteiger partial charge in [-0.2, -0.15) is 0 Å². The topological polar surface area (TPSA) is 51.2 Å². The van der Waals surface area contributed by atoms with Gasteiger partial charge in [-0.15, -0.1) is 0 Å². The van der Waals surface area contributed by atoms with Gasteiger partial charge in [-0.25, -0.2) is 0 Å². The number of rotatable bonds is 5. The van der Waals surface area contributed by atoms with Gasteiger partial charge in [0.15, 0.2) is 0 Å². The van der Waals surface area contributed by atoms with E-state index in [1.807, 2.05) is 31.2 Å². The van der Waals surface area contributed by atoms with Crippen LogP contribution in [0.5, 0.6) is 0 Å². The first-order valence-electron chi connectivity index (χ1n) is 6.50. The Balaban J connectivity index is 2.07. The Labute approximate surface area is 123 Å². The van der Waals surface area contributed by atoms with Crippen LogP contribution in [0.25, 0.3) is 10.9 Å². The molecule has 0 amide bonds. The molecule has 1 heterocycles. The van der Waals surface area contributed by atoms with E-state index in [1.54, 1.807) is 6.20 Å². The maximum Gasteiger partial charge on any atom is 0.302 e.